The second kappa shape index (κ2) is 8.75. The van der Waals surface area contributed by atoms with Gasteiger partial charge in [-0.25, -0.2) is 0 Å². The first-order valence-corrected chi connectivity index (χ1v) is 8.43. The van der Waals surface area contributed by atoms with Crippen LogP contribution in [-0.4, -0.2) is 47.0 Å². The lowest BCUT2D eigenvalue weighted by atomic mass is 9.95. The van der Waals surface area contributed by atoms with Crippen molar-refractivity contribution in [2.75, 3.05) is 26.2 Å². The molecule has 0 bridgehead atoms. The zero-order valence-corrected chi connectivity index (χ0v) is 14.0. The Morgan fingerprint density at radius 2 is 2.17 bits per heavy atom. The van der Waals surface area contributed by atoms with Crippen LogP contribution in [0.5, 0.6) is 0 Å². The fourth-order valence-corrected chi connectivity index (χ4v) is 2.97. The predicted molar refractivity (Wildman–Crippen MR) is 90.5 cm³/mol. The zero-order chi connectivity index (χ0) is 17.5. The highest BCUT2D eigenvalue weighted by molar-refractivity contribution is 5.78. The Labute approximate surface area is 141 Å². The molecular weight excluding hydrogens is 310 g/mol. The number of benzene rings is 1. The largest absolute Gasteiger partial charge is 0.387 e. The number of carbonyl (C=O) groups is 1. The van der Waals surface area contributed by atoms with Gasteiger partial charge >= 0.3 is 0 Å². The molecule has 2 rings (SSSR count). The molecule has 1 saturated heterocycles. The number of hydrogen-bond donors (Lipinski definition) is 2. The van der Waals surface area contributed by atoms with Gasteiger partial charge in [-0.05, 0) is 37.9 Å². The molecule has 0 radical (unpaired) electrons. The van der Waals surface area contributed by atoms with Crippen molar-refractivity contribution in [2.45, 2.75) is 32.3 Å². The smallest absolute Gasteiger partial charge is 0.269 e. The first-order valence-electron chi connectivity index (χ1n) is 8.43. The Morgan fingerprint density at radius 3 is 2.79 bits per heavy atom. The van der Waals surface area contributed by atoms with Gasteiger partial charge in [-0.1, -0.05) is 19.1 Å². The lowest BCUT2D eigenvalue weighted by Crippen LogP contribution is -2.42. The van der Waals surface area contributed by atoms with E-state index >= 15 is 0 Å². The third-order valence-electron chi connectivity index (χ3n) is 4.40. The van der Waals surface area contributed by atoms with Gasteiger partial charge in [0.2, 0.25) is 5.91 Å². The fourth-order valence-electron chi connectivity index (χ4n) is 2.97. The number of rotatable bonds is 7. The van der Waals surface area contributed by atoms with Crippen molar-refractivity contribution >= 4 is 11.6 Å². The number of nitrogens with one attached hydrogen (secondary N) is 1. The molecule has 0 saturated carbocycles. The molecule has 7 heteroatoms. The molecule has 24 heavy (non-hydrogen) atoms. The lowest BCUT2D eigenvalue weighted by molar-refractivity contribution is -0.385. The predicted octanol–water partition coefficient (Wildman–Crippen LogP) is 1.87. The average molecular weight is 335 g/mol. The number of piperidine rings is 1. The van der Waals surface area contributed by atoms with Crippen LogP contribution in [0.25, 0.3) is 0 Å². The summed E-state index contributed by atoms with van der Waals surface area (Å²) in [5.41, 5.74) is 0.532. The minimum absolute atomic E-state index is 0.0159. The number of β-amino-alcohol motifs (C(OH)–C–C–N with tert-alkyl or cyclic N) is 1. The number of amides is 1. The Hall–Kier alpha value is -1.99. The van der Waals surface area contributed by atoms with E-state index in [0.29, 0.717) is 18.7 Å². The van der Waals surface area contributed by atoms with Crippen LogP contribution in [0, 0.1) is 16.0 Å². The van der Waals surface area contributed by atoms with Crippen LogP contribution in [0.1, 0.15) is 37.9 Å². The highest BCUT2D eigenvalue weighted by Crippen LogP contribution is 2.23. The van der Waals surface area contributed by atoms with Gasteiger partial charge in [0.25, 0.3) is 5.69 Å². The van der Waals surface area contributed by atoms with Gasteiger partial charge in [-0.2, -0.15) is 0 Å². The van der Waals surface area contributed by atoms with E-state index < -0.39 is 11.0 Å². The van der Waals surface area contributed by atoms with Crippen molar-refractivity contribution in [1.29, 1.82) is 0 Å². The van der Waals surface area contributed by atoms with Crippen molar-refractivity contribution in [2.24, 2.45) is 5.92 Å². The maximum Gasteiger partial charge on any atom is 0.269 e. The first-order chi connectivity index (χ1) is 11.5. The van der Waals surface area contributed by atoms with Gasteiger partial charge in [0.1, 0.15) is 0 Å². The van der Waals surface area contributed by atoms with Crippen molar-refractivity contribution in [3.05, 3.63) is 39.9 Å². The lowest BCUT2D eigenvalue weighted by Gasteiger charge is -2.32. The summed E-state index contributed by atoms with van der Waals surface area (Å²) in [6, 6.07) is 6.11. The topological polar surface area (TPSA) is 95.7 Å². The number of aliphatic hydroxyl groups is 1. The minimum Gasteiger partial charge on any atom is -0.387 e. The number of nitro groups is 1. The number of hydrogen-bond acceptors (Lipinski definition) is 5. The molecule has 0 aliphatic carbocycles. The third-order valence-corrected chi connectivity index (χ3v) is 4.40. The highest BCUT2D eigenvalue weighted by Gasteiger charge is 2.26. The number of non-ortho nitro benzene ring substituents is 1. The highest BCUT2D eigenvalue weighted by atomic mass is 16.6. The number of nitrogens with zero attached hydrogens (tertiary/aromatic N) is 2. The van der Waals surface area contributed by atoms with Crippen molar-refractivity contribution in [3.8, 4) is 0 Å². The molecule has 0 aromatic heterocycles. The summed E-state index contributed by atoms with van der Waals surface area (Å²) in [7, 11) is 0. The van der Waals surface area contributed by atoms with Crippen LogP contribution in [0.3, 0.4) is 0 Å². The Bertz CT molecular complexity index is 571. The van der Waals surface area contributed by atoms with Crippen LogP contribution in [0.4, 0.5) is 5.69 Å². The Kier molecular flexibility index (Phi) is 6.69. The normalized spacial score (nSPS) is 17.4. The molecule has 1 aromatic rings. The molecule has 1 fully saturated rings. The van der Waals surface area contributed by atoms with E-state index in [1.54, 1.807) is 12.1 Å². The van der Waals surface area contributed by atoms with Crippen LogP contribution in [0.2, 0.25) is 0 Å². The fraction of sp³-hybridized carbons (Fsp3) is 0.588. The molecule has 1 aliphatic rings. The summed E-state index contributed by atoms with van der Waals surface area (Å²) < 4.78 is 0. The van der Waals surface area contributed by atoms with E-state index in [0.717, 1.165) is 32.4 Å². The maximum absolute atomic E-state index is 12.0. The number of aliphatic hydroxyl groups excluding tert-OH is 1. The van der Waals surface area contributed by atoms with Crippen molar-refractivity contribution in [1.82, 2.24) is 10.2 Å². The molecule has 0 spiro atoms. The van der Waals surface area contributed by atoms with Crippen molar-refractivity contribution in [3.63, 3.8) is 0 Å². The summed E-state index contributed by atoms with van der Waals surface area (Å²) in [4.78, 5) is 24.4. The average Bonchev–Trinajstić information content (AvgIpc) is 2.60. The Balaban J connectivity index is 1.84. The van der Waals surface area contributed by atoms with E-state index in [1.807, 2.05) is 6.92 Å². The van der Waals surface area contributed by atoms with E-state index in [4.69, 9.17) is 0 Å². The molecular formula is C17H25N3O4. The van der Waals surface area contributed by atoms with E-state index in [1.165, 1.54) is 12.1 Å². The molecule has 132 valence electrons. The molecule has 1 aromatic carbocycles. The summed E-state index contributed by atoms with van der Waals surface area (Å²) in [6.45, 7) is 4.65. The monoisotopic (exact) mass is 335 g/mol. The van der Waals surface area contributed by atoms with Crippen LogP contribution in [-0.2, 0) is 4.79 Å². The van der Waals surface area contributed by atoms with Gasteiger partial charge < -0.3 is 15.3 Å². The molecule has 1 amide bonds. The molecule has 1 unspecified atom stereocenters. The van der Waals surface area contributed by atoms with Gasteiger partial charge in [0.05, 0.1) is 11.0 Å². The third kappa shape index (κ3) is 5.01. The van der Waals surface area contributed by atoms with Gasteiger partial charge in [0, 0.05) is 31.1 Å². The number of carbonyl (C=O) groups excluding carboxylic acids is 1. The van der Waals surface area contributed by atoms with Gasteiger partial charge in [0.15, 0.2) is 0 Å². The second-order valence-electron chi connectivity index (χ2n) is 6.23. The Morgan fingerprint density at radius 1 is 1.46 bits per heavy atom. The molecule has 1 atom stereocenters. The summed E-state index contributed by atoms with van der Waals surface area (Å²) >= 11 is 0. The first kappa shape index (κ1) is 18.4. The second-order valence-corrected chi connectivity index (χ2v) is 6.23. The van der Waals surface area contributed by atoms with Gasteiger partial charge in [-0.3, -0.25) is 14.9 Å². The van der Waals surface area contributed by atoms with Crippen LogP contribution >= 0.6 is 0 Å². The van der Waals surface area contributed by atoms with E-state index in [9.17, 15) is 20.0 Å². The molecule has 1 heterocycles. The minimum atomic E-state index is -0.768. The van der Waals surface area contributed by atoms with Crippen molar-refractivity contribution < 1.29 is 14.8 Å². The number of nitro benzene ring substituents is 1. The molecule has 7 nitrogen and oxygen atoms in total. The van der Waals surface area contributed by atoms with Gasteiger partial charge in [-0.15, -0.1) is 0 Å². The molecule has 2 N–H and O–H groups in total. The summed E-state index contributed by atoms with van der Waals surface area (Å²) in [6.07, 6.45) is 1.71. The SMILES string of the molecule is CCCNC(=O)C1CCN(CC(O)c2cccc([N+](=O)[O-])c2)CC1. The number of likely N-dealkylation sites (tertiary alicyclic amines) is 1. The van der Waals surface area contributed by atoms with Crippen LogP contribution in [0.15, 0.2) is 24.3 Å². The standard InChI is InChI=1S/C17H25N3O4/c1-2-8-18-17(22)13-6-9-19(10-7-13)12-16(21)14-4-3-5-15(11-14)20(23)24/h3-5,11,13,16,21H,2,6-10,12H2,1H3,(H,18,22). The summed E-state index contributed by atoms with van der Waals surface area (Å²) in [5.74, 6) is 0.165. The van der Waals surface area contributed by atoms with E-state index in [2.05, 4.69) is 10.2 Å². The molecule has 1 aliphatic heterocycles. The van der Waals surface area contributed by atoms with E-state index in [-0.39, 0.29) is 17.5 Å². The quantitative estimate of drug-likeness (QED) is 0.586. The zero-order valence-electron chi connectivity index (χ0n) is 14.0. The van der Waals surface area contributed by atoms with Crippen LogP contribution < -0.4 is 5.32 Å². The maximum atomic E-state index is 12.0. The summed E-state index contributed by atoms with van der Waals surface area (Å²) in [5, 5.41) is 24.1.